The largest absolute Gasteiger partial charge is 0.315 e. The van der Waals surface area contributed by atoms with Gasteiger partial charge in [-0.05, 0) is 44.7 Å². The van der Waals surface area contributed by atoms with E-state index >= 15 is 0 Å². The summed E-state index contributed by atoms with van der Waals surface area (Å²) < 4.78 is 0. The Morgan fingerprint density at radius 2 is 1.93 bits per heavy atom. The first-order valence-corrected chi connectivity index (χ1v) is 6.11. The average molecular weight is 196 g/mol. The van der Waals surface area contributed by atoms with Crippen molar-refractivity contribution in [2.45, 2.75) is 45.2 Å². The lowest BCUT2D eigenvalue weighted by atomic mass is 9.73. The van der Waals surface area contributed by atoms with Crippen LogP contribution in [0.2, 0.25) is 0 Å². The molecule has 14 heavy (non-hydrogen) atoms. The first kappa shape index (κ1) is 10.4. The Morgan fingerprint density at radius 1 is 1.21 bits per heavy atom. The number of hydrogen-bond donors (Lipinski definition) is 1. The van der Waals surface area contributed by atoms with Gasteiger partial charge in [0, 0.05) is 18.6 Å². The average Bonchev–Trinajstić information content (AvgIpc) is 2.51. The normalized spacial score (nSPS) is 37.9. The van der Waals surface area contributed by atoms with Crippen molar-refractivity contribution >= 4 is 0 Å². The molecule has 1 N–H and O–H groups in total. The van der Waals surface area contributed by atoms with Crippen LogP contribution in [0, 0.1) is 11.8 Å². The number of nitrogens with zero attached hydrogens (tertiary/aromatic N) is 1. The Bertz CT molecular complexity index is 179. The topological polar surface area (TPSA) is 15.3 Å². The highest BCUT2D eigenvalue weighted by Crippen LogP contribution is 2.37. The minimum absolute atomic E-state index is 0.813. The fourth-order valence-corrected chi connectivity index (χ4v) is 2.79. The molecular formula is C12H24N2. The second-order valence-electron chi connectivity index (χ2n) is 5.44. The van der Waals surface area contributed by atoms with Gasteiger partial charge in [0.05, 0.1) is 0 Å². The second kappa shape index (κ2) is 4.19. The van der Waals surface area contributed by atoms with Gasteiger partial charge in [-0.3, -0.25) is 4.90 Å². The van der Waals surface area contributed by atoms with Crippen molar-refractivity contribution in [3.63, 3.8) is 0 Å². The Labute approximate surface area is 88.1 Å². The zero-order valence-electron chi connectivity index (χ0n) is 9.79. The molecule has 1 saturated carbocycles. The maximum atomic E-state index is 3.45. The molecule has 2 fully saturated rings. The highest BCUT2D eigenvalue weighted by atomic mass is 15.2. The van der Waals surface area contributed by atoms with E-state index in [0.29, 0.717) is 0 Å². The molecule has 1 heterocycles. The molecule has 2 aliphatic rings. The molecule has 1 aliphatic carbocycles. The summed E-state index contributed by atoms with van der Waals surface area (Å²) in [4.78, 5) is 2.62. The monoisotopic (exact) mass is 196 g/mol. The summed E-state index contributed by atoms with van der Waals surface area (Å²) in [7, 11) is 2.32. The number of rotatable bonds is 3. The summed E-state index contributed by atoms with van der Waals surface area (Å²) in [6.45, 7) is 7.14. The van der Waals surface area contributed by atoms with Crippen molar-refractivity contribution in [3.05, 3.63) is 0 Å². The highest BCUT2D eigenvalue weighted by Gasteiger charge is 2.36. The van der Waals surface area contributed by atoms with Crippen LogP contribution in [0.4, 0.5) is 0 Å². The fourth-order valence-electron chi connectivity index (χ4n) is 2.79. The molecule has 0 radical (unpaired) electrons. The summed E-state index contributed by atoms with van der Waals surface area (Å²) in [6, 6.07) is 1.69. The van der Waals surface area contributed by atoms with Gasteiger partial charge in [0.25, 0.3) is 0 Å². The van der Waals surface area contributed by atoms with Crippen LogP contribution >= 0.6 is 0 Å². The third-order valence-corrected chi connectivity index (χ3v) is 4.28. The van der Waals surface area contributed by atoms with Gasteiger partial charge in [0.15, 0.2) is 0 Å². The molecular weight excluding hydrogens is 172 g/mol. The Hall–Kier alpha value is -0.0800. The van der Waals surface area contributed by atoms with E-state index in [1.165, 1.54) is 32.4 Å². The molecule has 0 spiro atoms. The third kappa shape index (κ3) is 1.96. The smallest absolute Gasteiger partial charge is 0.0232 e. The number of nitrogens with one attached hydrogen (secondary N) is 1. The molecule has 0 aromatic rings. The highest BCUT2D eigenvalue weighted by molar-refractivity contribution is 4.91. The fraction of sp³-hybridized carbons (Fsp3) is 1.00. The molecule has 0 bridgehead atoms. The predicted molar refractivity (Wildman–Crippen MR) is 60.4 cm³/mol. The van der Waals surface area contributed by atoms with Gasteiger partial charge in [-0.1, -0.05) is 13.8 Å². The van der Waals surface area contributed by atoms with E-state index in [1.54, 1.807) is 0 Å². The lowest BCUT2D eigenvalue weighted by molar-refractivity contribution is 0.0502. The zero-order chi connectivity index (χ0) is 10.1. The van der Waals surface area contributed by atoms with Crippen molar-refractivity contribution in [1.82, 2.24) is 10.2 Å². The molecule has 1 saturated heterocycles. The third-order valence-electron chi connectivity index (χ3n) is 4.28. The molecule has 0 amide bonds. The SMILES string of the molecule is CC(C)C1CC(N(C)C2CCNC2)C1. The van der Waals surface area contributed by atoms with Gasteiger partial charge < -0.3 is 5.32 Å². The van der Waals surface area contributed by atoms with Gasteiger partial charge >= 0.3 is 0 Å². The van der Waals surface area contributed by atoms with Crippen molar-refractivity contribution in [2.75, 3.05) is 20.1 Å². The second-order valence-corrected chi connectivity index (χ2v) is 5.44. The van der Waals surface area contributed by atoms with Gasteiger partial charge in [0.2, 0.25) is 0 Å². The van der Waals surface area contributed by atoms with Gasteiger partial charge in [-0.15, -0.1) is 0 Å². The lowest BCUT2D eigenvalue weighted by Crippen LogP contribution is -2.49. The molecule has 1 aliphatic heterocycles. The first-order valence-electron chi connectivity index (χ1n) is 6.11. The summed E-state index contributed by atoms with van der Waals surface area (Å²) >= 11 is 0. The van der Waals surface area contributed by atoms with Crippen LogP contribution in [0.25, 0.3) is 0 Å². The minimum atomic E-state index is 0.813. The van der Waals surface area contributed by atoms with Crippen LogP contribution < -0.4 is 5.32 Å². The van der Waals surface area contributed by atoms with Crippen molar-refractivity contribution in [3.8, 4) is 0 Å². The van der Waals surface area contributed by atoms with Crippen molar-refractivity contribution in [1.29, 1.82) is 0 Å². The molecule has 2 heteroatoms. The molecule has 82 valence electrons. The van der Waals surface area contributed by atoms with Crippen molar-refractivity contribution < 1.29 is 0 Å². The maximum Gasteiger partial charge on any atom is 0.0232 e. The summed E-state index contributed by atoms with van der Waals surface area (Å²) in [5.74, 6) is 1.89. The van der Waals surface area contributed by atoms with Gasteiger partial charge in [-0.25, -0.2) is 0 Å². The van der Waals surface area contributed by atoms with Crippen molar-refractivity contribution in [2.24, 2.45) is 11.8 Å². The Balaban J connectivity index is 1.75. The minimum Gasteiger partial charge on any atom is -0.315 e. The summed E-state index contributed by atoms with van der Waals surface area (Å²) in [6.07, 6.45) is 4.22. The van der Waals surface area contributed by atoms with Crippen LogP contribution in [-0.2, 0) is 0 Å². The van der Waals surface area contributed by atoms with Crippen LogP contribution in [0.15, 0.2) is 0 Å². The van der Waals surface area contributed by atoms with Crippen LogP contribution in [0.3, 0.4) is 0 Å². The summed E-state index contributed by atoms with van der Waals surface area (Å²) in [5.41, 5.74) is 0. The van der Waals surface area contributed by atoms with E-state index in [1.807, 2.05) is 0 Å². The molecule has 0 aromatic heterocycles. The predicted octanol–water partition coefficient (Wildman–Crippen LogP) is 1.71. The van der Waals surface area contributed by atoms with Crippen LogP contribution in [0.1, 0.15) is 33.1 Å². The number of likely N-dealkylation sites (N-methyl/N-ethyl adjacent to an activating group) is 1. The van der Waals surface area contributed by atoms with E-state index in [2.05, 4.69) is 31.1 Å². The maximum absolute atomic E-state index is 3.45. The lowest BCUT2D eigenvalue weighted by Gasteiger charge is -2.45. The van der Waals surface area contributed by atoms with E-state index in [-0.39, 0.29) is 0 Å². The molecule has 0 aromatic carbocycles. The van der Waals surface area contributed by atoms with Gasteiger partial charge in [-0.2, -0.15) is 0 Å². The molecule has 2 rings (SSSR count). The number of hydrogen-bond acceptors (Lipinski definition) is 2. The molecule has 1 unspecified atom stereocenters. The quantitative estimate of drug-likeness (QED) is 0.739. The van der Waals surface area contributed by atoms with E-state index in [0.717, 1.165) is 23.9 Å². The Morgan fingerprint density at radius 3 is 2.43 bits per heavy atom. The first-order chi connectivity index (χ1) is 6.68. The van der Waals surface area contributed by atoms with E-state index < -0.39 is 0 Å². The standard InChI is InChI=1S/C12H24N2/c1-9(2)10-6-12(7-10)14(3)11-4-5-13-8-11/h9-13H,4-8H2,1-3H3. The van der Waals surface area contributed by atoms with E-state index in [9.17, 15) is 0 Å². The van der Waals surface area contributed by atoms with E-state index in [4.69, 9.17) is 0 Å². The summed E-state index contributed by atoms with van der Waals surface area (Å²) in [5, 5.41) is 3.45. The molecule has 1 atom stereocenters. The van der Waals surface area contributed by atoms with Crippen LogP contribution in [0.5, 0.6) is 0 Å². The Kier molecular flexibility index (Phi) is 3.13. The zero-order valence-corrected chi connectivity index (χ0v) is 9.79. The van der Waals surface area contributed by atoms with Crippen LogP contribution in [-0.4, -0.2) is 37.1 Å². The molecule has 2 nitrogen and oxygen atoms in total. The van der Waals surface area contributed by atoms with Gasteiger partial charge in [0.1, 0.15) is 0 Å².